The van der Waals surface area contributed by atoms with Gasteiger partial charge in [-0.25, -0.2) is 14.6 Å². The van der Waals surface area contributed by atoms with E-state index in [1.54, 1.807) is 18.7 Å². The van der Waals surface area contributed by atoms with Gasteiger partial charge in [-0.3, -0.25) is 13.9 Å². The topological polar surface area (TPSA) is 220 Å². The van der Waals surface area contributed by atoms with E-state index >= 15 is 0 Å². The van der Waals surface area contributed by atoms with Crippen LogP contribution < -0.4 is 10.3 Å². The first-order chi connectivity index (χ1) is 17.1. The predicted octanol–water partition coefficient (Wildman–Crippen LogP) is 1.05. The minimum absolute atomic E-state index is 0.0399. The van der Waals surface area contributed by atoms with Gasteiger partial charge < -0.3 is 43.8 Å². The van der Waals surface area contributed by atoms with Gasteiger partial charge in [0, 0.05) is 44.5 Å². The van der Waals surface area contributed by atoms with E-state index < -0.39 is 43.8 Å². The van der Waals surface area contributed by atoms with Crippen LogP contribution in [0.15, 0.2) is 23.6 Å². The molecule has 1 aliphatic rings. The first-order valence-electron chi connectivity index (χ1n) is 10.8. The number of carboxylic acids is 1. The van der Waals surface area contributed by atoms with Crippen LogP contribution in [0.1, 0.15) is 29.8 Å². The summed E-state index contributed by atoms with van der Waals surface area (Å²) in [7, 11) is -10.9. The van der Waals surface area contributed by atoms with E-state index in [9.17, 15) is 48.2 Å². The van der Waals surface area contributed by atoms with Crippen LogP contribution in [-0.4, -0.2) is 83.0 Å². The molecule has 0 saturated carbocycles. The van der Waals surface area contributed by atoms with Crippen LogP contribution in [-0.2, 0) is 20.4 Å². The van der Waals surface area contributed by atoms with E-state index in [0.29, 0.717) is 23.5 Å². The number of ether oxygens (including phenoxy) is 1. The molecule has 2 aromatic heterocycles. The molecule has 17 heteroatoms. The van der Waals surface area contributed by atoms with E-state index in [4.69, 9.17) is 0 Å². The molecule has 202 valence electrons. The number of fused-ring (bicyclic) bond motifs is 1. The second-order valence-corrected chi connectivity index (χ2v) is 12.0. The molecule has 0 unspecified atom stereocenters. The second-order valence-electron chi connectivity index (χ2n) is 8.34. The van der Waals surface area contributed by atoms with Crippen molar-refractivity contribution in [1.82, 2.24) is 14.5 Å². The van der Waals surface area contributed by atoms with Gasteiger partial charge in [0.2, 0.25) is 5.43 Å². The standard InChI is InChI=1S/C20H26N4O11P2/c1-4-22-10-14(18(26)27)15(25)13-9-12(11(2)3)16(21-17(13)22)23-5-7-24(8-6-23)19(28)35-20(36(29,30)31)37(32,33)34/h9-10,20H,2,4-8H2,1,3H3,(H,26,27)(H2,29,30,31)(H2,32,33,34). The fourth-order valence-corrected chi connectivity index (χ4v) is 5.87. The maximum atomic E-state index is 12.8. The lowest BCUT2D eigenvalue weighted by Gasteiger charge is -2.36. The van der Waals surface area contributed by atoms with Gasteiger partial charge >= 0.3 is 32.8 Å². The highest BCUT2D eigenvalue weighted by Gasteiger charge is 2.47. The van der Waals surface area contributed by atoms with Gasteiger partial charge in [0.05, 0.1) is 5.39 Å². The molecule has 0 spiro atoms. The maximum Gasteiger partial charge on any atom is 0.411 e. The number of rotatable bonds is 7. The highest BCUT2D eigenvalue weighted by Crippen LogP contribution is 2.60. The average Bonchev–Trinajstić information content (AvgIpc) is 2.80. The summed E-state index contributed by atoms with van der Waals surface area (Å²) in [4.78, 5) is 80.9. The Hall–Kier alpha value is -3.06. The number of amides is 1. The number of allylic oxidation sites excluding steroid dienone is 1. The van der Waals surface area contributed by atoms with Crippen molar-refractivity contribution in [2.45, 2.75) is 26.0 Å². The van der Waals surface area contributed by atoms with Gasteiger partial charge in [-0.1, -0.05) is 6.58 Å². The van der Waals surface area contributed by atoms with Crippen molar-refractivity contribution in [3.05, 3.63) is 40.2 Å². The van der Waals surface area contributed by atoms with Crippen molar-refractivity contribution in [3.63, 3.8) is 0 Å². The van der Waals surface area contributed by atoms with Gasteiger partial charge in [-0.2, -0.15) is 0 Å². The lowest BCUT2D eigenvalue weighted by atomic mass is 10.1. The quantitative estimate of drug-likeness (QED) is 0.299. The smallest absolute Gasteiger partial charge is 0.411 e. The fraction of sp³-hybridized carbons (Fsp3) is 0.400. The van der Waals surface area contributed by atoms with Crippen LogP contribution in [0.5, 0.6) is 0 Å². The molecule has 0 aromatic carbocycles. The molecule has 0 aliphatic carbocycles. The summed E-state index contributed by atoms with van der Waals surface area (Å²) in [6.07, 6.45) is -0.0831. The van der Waals surface area contributed by atoms with Crippen LogP contribution in [0, 0.1) is 0 Å². The Bertz CT molecular complexity index is 1400. The fourth-order valence-electron chi connectivity index (χ4n) is 3.85. The monoisotopic (exact) mass is 560 g/mol. The normalized spacial score (nSPS) is 14.8. The van der Waals surface area contributed by atoms with Crippen molar-refractivity contribution < 1.29 is 48.1 Å². The van der Waals surface area contributed by atoms with Gasteiger partial charge in [-0.05, 0) is 25.5 Å². The van der Waals surface area contributed by atoms with E-state index in [0.717, 1.165) is 4.90 Å². The third-order valence-corrected chi connectivity index (χ3v) is 8.85. The van der Waals surface area contributed by atoms with Crippen molar-refractivity contribution in [2.24, 2.45) is 0 Å². The summed E-state index contributed by atoms with van der Waals surface area (Å²) in [5.74, 6) is -0.946. The molecule has 1 amide bonds. The number of anilines is 1. The lowest BCUT2D eigenvalue weighted by Crippen LogP contribution is -2.50. The first kappa shape index (κ1) is 28.5. The van der Waals surface area contributed by atoms with E-state index in [1.165, 1.54) is 16.8 Å². The number of aromatic nitrogens is 2. The molecule has 5 N–H and O–H groups in total. The molecule has 1 saturated heterocycles. The van der Waals surface area contributed by atoms with Crippen molar-refractivity contribution >= 4 is 49.7 Å². The average molecular weight is 560 g/mol. The molecular weight excluding hydrogens is 534 g/mol. The number of aromatic carboxylic acids is 1. The number of nitrogens with zero attached hydrogens (tertiary/aromatic N) is 4. The zero-order valence-corrected chi connectivity index (χ0v) is 21.6. The Kier molecular flexibility index (Phi) is 7.99. The largest absolute Gasteiger partial charge is 0.477 e. The summed E-state index contributed by atoms with van der Waals surface area (Å²) in [6.45, 7) is 7.90. The Labute approximate surface area is 209 Å². The van der Waals surface area contributed by atoms with E-state index in [-0.39, 0.29) is 37.2 Å². The summed E-state index contributed by atoms with van der Waals surface area (Å²) < 4.78 is 28.8. The summed E-state index contributed by atoms with van der Waals surface area (Å²) in [5, 5.41) is 9.51. The Morgan fingerprint density at radius 3 is 2.14 bits per heavy atom. The van der Waals surface area contributed by atoms with Crippen molar-refractivity contribution in [2.75, 3.05) is 31.1 Å². The maximum absolute atomic E-state index is 12.8. The number of carbonyl (C=O) groups excluding carboxylic acids is 1. The molecular formula is C20H26N4O11P2. The highest BCUT2D eigenvalue weighted by molar-refractivity contribution is 7.70. The number of hydrogen-bond donors (Lipinski definition) is 5. The summed E-state index contributed by atoms with van der Waals surface area (Å²) >= 11 is 0. The highest BCUT2D eigenvalue weighted by atomic mass is 31.2. The Morgan fingerprint density at radius 2 is 1.68 bits per heavy atom. The van der Waals surface area contributed by atoms with Gasteiger partial charge in [0.15, 0.2) is 0 Å². The zero-order valence-electron chi connectivity index (χ0n) is 19.8. The van der Waals surface area contributed by atoms with Crippen molar-refractivity contribution in [1.29, 1.82) is 0 Å². The Balaban J connectivity index is 1.92. The molecule has 3 heterocycles. The third-order valence-electron chi connectivity index (χ3n) is 5.68. The summed E-state index contributed by atoms with van der Waals surface area (Å²) in [6, 6.07) is 1.52. The number of carbonyl (C=O) groups is 2. The Morgan fingerprint density at radius 1 is 1.11 bits per heavy atom. The molecule has 3 rings (SSSR count). The SMILES string of the molecule is C=C(C)c1cc2c(=O)c(C(=O)O)cn(CC)c2nc1N1CCN(C(=O)OC(P(=O)(O)O)P(=O)(O)O)CC1. The van der Waals surface area contributed by atoms with Gasteiger partial charge in [-0.15, -0.1) is 0 Å². The molecule has 0 atom stereocenters. The predicted molar refractivity (Wildman–Crippen MR) is 131 cm³/mol. The number of aryl methyl sites for hydroxylation is 1. The molecule has 0 bridgehead atoms. The van der Waals surface area contributed by atoms with Crippen LogP contribution in [0.25, 0.3) is 16.6 Å². The molecule has 1 fully saturated rings. The summed E-state index contributed by atoms with van der Waals surface area (Å²) in [5.41, 5.74) is -2.72. The first-order valence-corrected chi connectivity index (χ1v) is 14.2. The van der Waals surface area contributed by atoms with Crippen LogP contribution >= 0.6 is 15.2 Å². The molecule has 15 nitrogen and oxygen atoms in total. The molecule has 1 aliphatic heterocycles. The van der Waals surface area contributed by atoms with Crippen LogP contribution in [0.2, 0.25) is 0 Å². The van der Waals surface area contributed by atoms with Crippen LogP contribution in [0.4, 0.5) is 10.6 Å². The number of pyridine rings is 2. The number of carboxylic acid groups (broad SMARTS) is 1. The van der Waals surface area contributed by atoms with Gasteiger partial charge in [0.1, 0.15) is 17.0 Å². The van der Waals surface area contributed by atoms with E-state index in [2.05, 4.69) is 16.3 Å². The van der Waals surface area contributed by atoms with Gasteiger partial charge in [0.25, 0.3) is 0 Å². The second kappa shape index (κ2) is 10.4. The van der Waals surface area contributed by atoms with Crippen LogP contribution in [0.3, 0.4) is 0 Å². The molecule has 2 aromatic rings. The number of piperazine rings is 1. The third kappa shape index (κ3) is 5.93. The minimum Gasteiger partial charge on any atom is -0.477 e. The molecule has 37 heavy (non-hydrogen) atoms. The van der Waals surface area contributed by atoms with E-state index in [1.807, 2.05) is 0 Å². The number of hydrogen-bond acceptors (Lipinski definition) is 8. The zero-order chi connectivity index (χ0) is 27.9. The molecule has 0 radical (unpaired) electrons. The minimum atomic E-state index is -5.45. The van der Waals surface area contributed by atoms with Crippen molar-refractivity contribution in [3.8, 4) is 0 Å². The lowest BCUT2D eigenvalue weighted by molar-refractivity contribution is 0.0694.